The molecule has 3 rings (SSSR count). The Morgan fingerprint density at radius 3 is 2.75 bits per heavy atom. The van der Waals surface area contributed by atoms with Gasteiger partial charge in [-0.1, -0.05) is 0 Å². The number of benzene rings is 1. The maximum Gasteiger partial charge on any atom is 0.175 e. The van der Waals surface area contributed by atoms with Gasteiger partial charge in [0.2, 0.25) is 0 Å². The Bertz CT molecular complexity index is 488. The summed E-state index contributed by atoms with van der Waals surface area (Å²) in [6, 6.07) is 4.06. The van der Waals surface area contributed by atoms with Crippen LogP contribution in [0.25, 0.3) is 0 Å². The normalized spacial score (nSPS) is 20.1. The minimum atomic E-state index is -0.484. The van der Waals surface area contributed by atoms with E-state index < -0.39 is 5.60 Å². The van der Waals surface area contributed by atoms with Crippen molar-refractivity contribution in [3.05, 3.63) is 22.2 Å². The van der Waals surface area contributed by atoms with Crippen molar-refractivity contribution in [3.63, 3.8) is 0 Å². The average molecular weight is 342 g/mol. The van der Waals surface area contributed by atoms with Crippen LogP contribution in [0.3, 0.4) is 0 Å². The number of hydrogen-bond acceptors (Lipinski definition) is 4. The van der Waals surface area contributed by atoms with Gasteiger partial charge in [-0.25, -0.2) is 0 Å². The van der Waals surface area contributed by atoms with Gasteiger partial charge in [-0.3, -0.25) is 0 Å². The number of rotatable bonds is 4. The Labute approximate surface area is 127 Å². The molecule has 2 N–H and O–H groups in total. The van der Waals surface area contributed by atoms with Gasteiger partial charge in [0.1, 0.15) is 0 Å². The monoisotopic (exact) mass is 341 g/mol. The van der Waals surface area contributed by atoms with Crippen LogP contribution < -0.4 is 14.8 Å². The van der Waals surface area contributed by atoms with Crippen LogP contribution in [0, 0.1) is 0 Å². The van der Waals surface area contributed by atoms with Crippen molar-refractivity contribution in [3.8, 4) is 11.5 Å². The van der Waals surface area contributed by atoms with Crippen LogP contribution in [0.4, 0.5) is 0 Å². The van der Waals surface area contributed by atoms with E-state index in [0.717, 1.165) is 53.8 Å². The summed E-state index contributed by atoms with van der Waals surface area (Å²) in [5.74, 6) is 1.60. The van der Waals surface area contributed by atoms with E-state index in [0.29, 0.717) is 19.8 Å². The van der Waals surface area contributed by atoms with Crippen LogP contribution in [-0.2, 0) is 6.54 Å². The topological polar surface area (TPSA) is 50.7 Å². The third-order valence-electron chi connectivity index (χ3n) is 3.93. The van der Waals surface area contributed by atoms with Gasteiger partial charge in [0.25, 0.3) is 0 Å². The summed E-state index contributed by atoms with van der Waals surface area (Å²) in [7, 11) is 0. The largest absolute Gasteiger partial charge is 0.490 e. The SMILES string of the molecule is OC1(CNCc2cc(Br)c3c(c2)OCCCO3)CCC1. The zero-order valence-electron chi connectivity index (χ0n) is 11.5. The molecule has 1 aliphatic carbocycles. The molecule has 1 aliphatic heterocycles. The number of ether oxygens (including phenoxy) is 2. The second-order valence-electron chi connectivity index (χ2n) is 5.64. The fourth-order valence-corrected chi connectivity index (χ4v) is 3.19. The number of halogens is 1. The molecule has 0 aromatic heterocycles. The van der Waals surface area contributed by atoms with Crippen molar-refractivity contribution in [2.45, 2.75) is 37.8 Å². The van der Waals surface area contributed by atoms with Crippen molar-refractivity contribution in [2.75, 3.05) is 19.8 Å². The van der Waals surface area contributed by atoms with Gasteiger partial charge in [0.05, 0.1) is 23.3 Å². The molecular formula is C15H20BrNO3. The molecule has 1 fully saturated rings. The van der Waals surface area contributed by atoms with E-state index in [1.165, 1.54) is 0 Å². The number of nitrogens with one attached hydrogen (secondary N) is 1. The van der Waals surface area contributed by atoms with Crippen molar-refractivity contribution >= 4 is 15.9 Å². The molecule has 20 heavy (non-hydrogen) atoms. The lowest BCUT2D eigenvalue weighted by Crippen LogP contribution is -2.45. The van der Waals surface area contributed by atoms with E-state index >= 15 is 0 Å². The minimum absolute atomic E-state index is 0.484. The van der Waals surface area contributed by atoms with Crippen LogP contribution in [0.2, 0.25) is 0 Å². The average Bonchev–Trinajstić information content (AvgIpc) is 2.62. The Kier molecular flexibility index (Phi) is 4.19. The summed E-state index contributed by atoms with van der Waals surface area (Å²) in [5.41, 5.74) is 0.645. The molecule has 4 nitrogen and oxygen atoms in total. The summed E-state index contributed by atoms with van der Waals surface area (Å²) in [6.07, 6.45) is 3.85. The molecule has 1 heterocycles. The van der Waals surface area contributed by atoms with Crippen LogP contribution in [-0.4, -0.2) is 30.5 Å². The zero-order valence-corrected chi connectivity index (χ0v) is 13.0. The molecule has 0 amide bonds. The molecule has 0 bridgehead atoms. The maximum atomic E-state index is 10.1. The molecule has 0 saturated heterocycles. The van der Waals surface area contributed by atoms with E-state index in [9.17, 15) is 5.11 Å². The molecule has 1 aromatic carbocycles. The standard InChI is InChI=1S/C15H20BrNO3/c16-12-7-11(9-17-10-15(18)3-1-4-15)8-13-14(12)20-6-2-5-19-13/h7-8,17-18H,1-6,9-10H2. The van der Waals surface area contributed by atoms with Gasteiger partial charge < -0.3 is 19.9 Å². The Morgan fingerprint density at radius 1 is 1.20 bits per heavy atom. The fraction of sp³-hybridized carbons (Fsp3) is 0.600. The highest BCUT2D eigenvalue weighted by Gasteiger charge is 2.33. The number of aliphatic hydroxyl groups is 1. The molecular weight excluding hydrogens is 322 g/mol. The van der Waals surface area contributed by atoms with Gasteiger partial charge in [-0.15, -0.1) is 0 Å². The van der Waals surface area contributed by atoms with Gasteiger partial charge in [-0.2, -0.15) is 0 Å². The fourth-order valence-electron chi connectivity index (χ4n) is 2.59. The molecule has 1 saturated carbocycles. The van der Waals surface area contributed by atoms with E-state index in [2.05, 4.69) is 21.2 Å². The first-order valence-electron chi connectivity index (χ1n) is 7.17. The molecule has 0 radical (unpaired) electrons. The van der Waals surface area contributed by atoms with Crippen LogP contribution in [0.5, 0.6) is 11.5 Å². The second-order valence-corrected chi connectivity index (χ2v) is 6.49. The van der Waals surface area contributed by atoms with Crippen molar-refractivity contribution in [2.24, 2.45) is 0 Å². The van der Waals surface area contributed by atoms with E-state index in [1.807, 2.05) is 12.1 Å². The van der Waals surface area contributed by atoms with Crippen LogP contribution in [0.1, 0.15) is 31.2 Å². The summed E-state index contributed by atoms with van der Waals surface area (Å²) in [6.45, 7) is 2.75. The third kappa shape index (κ3) is 3.10. The zero-order chi connectivity index (χ0) is 14.0. The predicted molar refractivity (Wildman–Crippen MR) is 80.3 cm³/mol. The minimum Gasteiger partial charge on any atom is -0.490 e. The molecule has 2 aliphatic rings. The lowest BCUT2D eigenvalue weighted by molar-refractivity contribution is -0.0314. The van der Waals surface area contributed by atoms with Crippen molar-refractivity contribution in [1.29, 1.82) is 0 Å². The van der Waals surface area contributed by atoms with E-state index in [-0.39, 0.29) is 0 Å². The lowest BCUT2D eigenvalue weighted by Gasteiger charge is -2.36. The Balaban J connectivity index is 1.64. The highest BCUT2D eigenvalue weighted by atomic mass is 79.9. The predicted octanol–water partition coefficient (Wildman–Crippen LogP) is 2.62. The van der Waals surface area contributed by atoms with Gasteiger partial charge in [0.15, 0.2) is 11.5 Å². The Hall–Kier alpha value is -0.780. The first-order valence-corrected chi connectivity index (χ1v) is 7.97. The lowest BCUT2D eigenvalue weighted by atomic mass is 9.80. The third-order valence-corrected chi connectivity index (χ3v) is 4.52. The highest BCUT2D eigenvalue weighted by molar-refractivity contribution is 9.10. The number of hydrogen-bond donors (Lipinski definition) is 2. The summed E-state index contributed by atoms with van der Waals surface area (Å²) in [5, 5.41) is 13.4. The molecule has 110 valence electrons. The molecule has 0 spiro atoms. The first-order chi connectivity index (χ1) is 9.66. The van der Waals surface area contributed by atoms with Crippen LogP contribution >= 0.6 is 15.9 Å². The van der Waals surface area contributed by atoms with E-state index in [1.54, 1.807) is 0 Å². The molecule has 1 aromatic rings. The highest BCUT2D eigenvalue weighted by Crippen LogP contribution is 2.38. The van der Waals surface area contributed by atoms with Gasteiger partial charge in [-0.05, 0) is 52.9 Å². The second kappa shape index (κ2) is 5.92. The number of fused-ring (bicyclic) bond motifs is 1. The van der Waals surface area contributed by atoms with Gasteiger partial charge in [0, 0.05) is 19.5 Å². The summed E-state index contributed by atoms with van der Waals surface area (Å²) >= 11 is 3.54. The quantitative estimate of drug-likeness (QED) is 0.883. The maximum absolute atomic E-state index is 10.1. The van der Waals surface area contributed by atoms with E-state index in [4.69, 9.17) is 9.47 Å². The summed E-state index contributed by atoms with van der Waals surface area (Å²) in [4.78, 5) is 0. The smallest absolute Gasteiger partial charge is 0.175 e. The van der Waals surface area contributed by atoms with Crippen LogP contribution in [0.15, 0.2) is 16.6 Å². The molecule has 5 heteroatoms. The Morgan fingerprint density at radius 2 is 2.00 bits per heavy atom. The summed E-state index contributed by atoms with van der Waals surface area (Å²) < 4.78 is 12.3. The van der Waals surface area contributed by atoms with Crippen molar-refractivity contribution in [1.82, 2.24) is 5.32 Å². The molecule has 0 unspecified atom stereocenters. The molecule has 0 atom stereocenters. The first kappa shape index (κ1) is 14.2. The van der Waals surface area contributed by atoms with Gasteiger partial charge >= 0.3 is 0 Å². The van der Waals surface area contributed by atoms with Crippen molar-refractivity contribution < 1.29 is 14.6 Å².